The van der Waals surface area contributed by atoms with Gasteiger partial charge in [0.05, 0.1) is 19.2 Å². The molecule has 2 aromatic heterocycles. The highest BCUT2D eigenvalue weighted by Gasteiger charge is 2.14. The van der Waals surface area contributed by atoms with Crippen LogP contribution in [0.1, 0.15) is 26.7 Å². The fourth-order valence-corrected chi connectivity index (χ4v) is 2.34. The molecule has 0 radical (unpaired) electrons. The van der Waals surface area contributed by atoms with Gasteiger partial charge in [-0.1, -0.05) is 18.2 Å². The molecule has 0 spiro atoms. The van der Waals surface area contributed by atoms with E-state index in [1.54, 1.807) is 30.3 Å². The SMILES string of the molecule is COC(=O)c1ccc(CNC(=O)c2cc(=O)[nH]c3ccccc23)o1. The number of rotatable bonds is 4. The summed E-state index contributed by atoms with van der Waals surface area (Å²) in [5.41, 5.74) is 0.500. The quantitative estimate of drug-likeness (QED) is 0.712. The van der Waals surface area contributed by atoms with Crippen molar-refractivity contribution in [3.05, 3.63) is 69.9 Å². The Hall–Kier alpha value is -3.35. The Kier molecular flexibility index (Phi) is 4.15. The summed E-state index contributed by atoms with van der Waals surface area (Å²) in [6.07, 6.45) is 0. The molecule has 3 aromatic rings. The van der Waals surface area contributed by atoms with E-state index >= 15 is 0 Å². The average molecular weight is 326 g/mol. The van der Waals surface area contributed by atoms with Crippen LogP contribution in [-0.2, 0) is 11.3 Å². The van der Waals surface area contributed by atoms with Gasteiger partial charge in [-0.15, -0.1) is 0 Å². The van der Waals surface area contributed by atoms with E-state index in [1.807, 2.05) is 0 Å². The third kappa shape index (κ3) is 3.05. The van der Waals surface area contributed by atoms with Gasteiger partial charge in [0.1, 0.15) is 5.76 Å². The van der Waals surface area contributed by atoms with Crippen LogP contribution in [0.25, 0.3) is 10.9 Å². The summed E-state index contributed by atoms with van der Waals surface area (Å²) in [5, 5.41) is 3.31. The van der Waals surface area contributed by atoms with E-state index in [0.717, 1.165) is 0 Å². The van der Waals surface area contributed by atoms with Crippen LogP contribution < -0.4 is 10.9 Å². The number of pyridine rings is 1. The van der Waals surface area contributed by atoms with Crippen molar-refractivity contribution in [3.8, 4) is 0 Å². The molecule has 0 unspecified atom stereocenters. The van der Waals surface area contributed by atoms with Crippen LogP contribution in [0.15, 0.2) is 51.7 Å². The predicted molar refractivity (Wildman–Crippen MR) is 85.8 cm³/mol. The maximum Gasteiger partial charge on any atom is 0.373 e. The summed E-state index contributed by atoms with van der Waals surface area (Å²) in [5.74, 6) is -0.539. The number of para-hydroxylation sites is 1. The molecule has 24 heavy (non-hydrogen) atoms. The first kappa shape index (κ1) is 15.5. The molecule has 3 rings (SSSR count). The molecule has 0 saturated heterocycles. The number of aromatic amines is 1. The van der Waals surface area contributed by atoms with Crippen LogP contribution in [0.3, 0.4) is 0 Å². The van der Waals surface area contributed by atoms with Gasteiger partial charge in [0.2, 0.25) is 11.3 Å². The zero-order valence-electron chi connectivity index (χ0n) is 12.8. The zero-order chi connectivity index (χ0) is 17.1. The maximum atomic E-state index is 12.4. The van der Waals surface area contributed by atoms with E-state index in [2.05, 4.69) is 15.0 Å². The minimum absolute atomic E-state index is 0.0587. The summed E-state index contributed by atoms with van der Waals surface area (Å²) in [7, 11) is 1.25. The molecule has 1 aromatic carbocycles. The van der Waals surface area contributed by atoms with Gasteiger partial charge in [-0.3, -0.25) is 9.59 Å². The highest BCUT2D eigenvalue weighted by molar-refractivity contribution is 6.05. The normalized spacial score (nSPS) is 10.5. The molecule has 122 valence electrons. The molecule has 1 amide bonds. The number of H-pyrrole nitrogens is 1. The van der Waals surface area contributed by atoms with E-state index in [1.165, 1.54) is 19.2 Å². The number of ether oxygens (including phenoxy) is 1. The minimum Gasteiger partial charge on any atom is -0.463 e. The number of hydrogen-bond donors (Lipinski definition) is 2. The van der Waals surface area contributed by atoms with Gasteiger partial charge < -0.3 is 19.5 Å². The Balaban J connectivity index is 1.80. The van der Waals surface area contributed by atoms with Gasteiger partial charge >= 0.3 is 5.97 Å². The van der Waals surface area contributed by atoms with Gasteiger partial charge in [0, 0.05) is 17.0 Å². The Morgan fingerprint density at radius 2 is 2.00 bits per heavy atom. The molecule has 7 nitrogen and oxygen atoms in total. The maximum absolute atomic E-state index is 12.4. The molecule has 0 aliphatic heterocycles. The second kappa shape index (κ2) is 6.41. The molecule has 2 heterocycles. The number of methoxy groups -OCH3 is 1. The number of carbonyl (C=O) groups excluding carboxylic acids is 2. The Morgan fingerprint density at radius 3 is 2.79 bits per heavy atom. The van der Waals surface area contributed by atoms with Crippen molar-refractivity contribution in [3.63, 3.8) is 0 Å². The molecular weight excluding hydrogens is 312 g/mol. The lowest BCUT2D eigenvalue weighted by Gasteiger charge is -2.06. The van der Waals surface area contributed by atoms with Crippen molar-refractivity contribution in [1.29, 1.82) is 0 Å². The minimum atomic E-state index is -0.590. The third-order valence-electron chi connectivity index (χ3n) is 3.47. The topological polar surface area (TPSA) is 101 Å². The molecule has 0 bridgehead atoms. The Morgan fingerprint density at radius 1 is 1.21 bits per heavy atom. The van der Waals surface area contributed by atoms with Crippen LogP contribution in [-0.4, -0.2) is 24.0 Å². The van der Waals surface area contributed by atoms with E-state index in [0.29, 0.717) is 16.7 Å². The number of aromatic nitrogens is 1. The van der Waals surface area contributed by atoms with Crippen LogP contribution in [0, 0.1) is 0 Å². The van der Waals surface area contributed by atoms with Gasteiger partial charge in [0.15, 0.2) is 0 Å². The van der Waals surface area contributed by atoms with E-state index < -0.39 is 11.9 Å². The first-order chi connectivity index (χ1) is 11.6. The van der Waals surface area contributed by atoms with E-state index in [4.69, 9.17) is 4.42 Å². The highest BCUT2D eigenvalue weighted by atomic mass is 16.5. The fourth-order valence-electron chi connectivity index (χ4n) is 2.34. The zero-order valence-corrected chi connectivity index (χ0v) is 12.8. The average Bonchev–Trinajstić information content (AvgIpc) is 3.07. The third-order valence-corrected chi connectivity index (χ3v) is 3.47. The van der Waals surface area contributed by atoms with Crippen LogP contribution in [0.4, 0.5) is 0 Å². The van der Waals surface area contributed by atoms with Crippen LogP contribution in [0.5, 0.6) is 0 Å². The highest BCUT2D eigenvalue weighted by Crippen LogP contribution is 2.15. The molecule has 0 fully saturated rings. The predicted octanol–water partition coefficient (Wildman–Crippen LogP) is 1.84. The van der Waals surface area contributed by atoms with Crippen molar-refractivity contribution in [2.75, 3.05) is 7.11 Å². The molecule has 0 aliphatic rings. The Labute approximate surface area is 136 Å². The number of fused-ring (bicyclic) bond motifs is 1. The second-order valence-electron chi connectivity index (χ2n) is 5.03. The van der Waals surface area contributed by atoms with Gasteiger partial charge in [-0.25, -0.2) is 4.79 Å². The molecule has 7 heteroatoms. The summed E-state index contributed by atoms with van der Waals surface area (Å²) in [6.45, 7) is 0.0803. The summed E-state index contributed by atoms with van der Waals surface area (Å²) >= 11 is 0. The summed E-state index contributed by atoms with van der Waals surface area (Å²) < 4.78 is 9.82. The van der Waals surface area contributed by atoms with Crippen molar-refractivity contribution in [2.45, 2.75) is 6.54 Å². The lowest BCUT2D eigenvalue weighted by molar-refractivity contribution is 0.0563. The van der Waals surface area contributed by atoms with Crippen molar-refractivity contribution >= 4 is 22.8 Å². The van der Waals surface area contributed by atoms with Crippen molar-refractivity contribution in [1.82, 2.24) is 10.3 Å². The lowest BCUT2D eigenvalue weighted by atomic mass is 10.1. The van der Waals surface area contributed by atoms with Crippen molar-refractivity contribution < 1.29 is 18.7 Å². The van der Waals surface area contributed by atoms with E-state index in [9.17, 15) is 14.4 Å². The largest absolute Gasteiger partial charge is 0.463 e. The number of carbonyl (C=O) groups is 2. The molecular formula is C17H14N2O5. The van der Waals surface area contributed by atoms with E-state index in [-0.39, 0.29) is 23.4 Å². The molecule has 2 N–H and O–H groups in total. The standard InChI is InChI=1S/C17H14N2O5/c1-23-17(22)14-7-6-10(24-14)9-18-16(21)12-8-15(20)19-13-5-3-2-4-11(12)13/h2-8H,9H2,1H3,(H,18,21)(H,19,20). The van der Waals surface area contributed by atoms with Gasteiger partial charge in [-0.05, 0) is 18.2 Å². The second-order valence-corrected chi connectivity index (χ2v) is 5.03. The number of benzene rings is 1. The van der Waals surface area contributed by atoms with Gasteiger partial charge in [0.25, 0.3) is 5.91 Å². The number of esters is 1. The molecule has 0 saturated carbocycles. The molecule has 0 atom stereocenters. The summed E-state index contributed by atoms with van der Waals surface area (Å²) in [6, 6.07) is 11.3. The Bertz CT molecular complexity index is 970. The molecule has 0 aliphatic carbocycles. The number of amides is 1. The summed E-state index contributed by atoms with van der Waals surface area (Å²) in [4.78, 5) is 38.1. The lowest BCUT2D eigenvalue weighted by Crippen LogP contribution is -2.24. The van der Waals surface area contributed by atoms with Crippen molar-refractivity contribution in [2.24, 2.45) is 0 Å². The number of furan rings is 1. The number of hydrogen-bond acceptors (Lipinski definition) is 5. The number of nitrogens with one attached hydrogen (secondary N) is 2. The van der Waals surface area contributed by atoms with Crippen LogP contribution >= 0.6 is 0 Å². The monoisotopic (exact) mass is 326 g/mol. The first-order valence-electron chi connectivity index (χ1n) is 7.16. The first-order valence-corrected chi connectivity index (χ1v) is 7.16. The van der Waals surface area contributed by atoms with Crippen LogP contribution in [0.2, 0.25) is 0 Å². The van der Waals surface area contributed by atoms with Gasteiger partial charge in [-0.2, -0.15) is 0 Å². The smallest absolute Gasteiger partial charge is 0.373 e. The fraction of sp³-hybridized carbons (Fsp3) is 0.118.